The van der Waals surface area contributed by atoms with Gasteiger partial charge >= 0.3 is 0 Å². The van der Waals surface area contributed by atoms with Crippen LogP contribution in [0.1, 0.15) is 32.2 Å². The zero-order valence-corrected chi connectivity index (χ0v) is 10.4. The van der Waals surface area contributed by atoms with Crippen LogP contribution in [0.3, 0.4) is 0 Å². The molecule has 2 N–H and O–H groups in total. The molecule has 0 aliphatic carbocycles. The van der Waals surface area contributed by atoms with E-state index in [9.17, 15) is 0 Å². The number of benzene rings is 1. The van der Waals surface area contributed by atoms with E-state index in [4.69, 9.17) is 5.11 Å². The van der Waals surface area contributed by atoms with Gasteiger partial charge in [-0.05, 0) is 11.0 Å². The van der Waals surface area contributed by atoms with E-state index in [1.807, 2.05) is 12.1 Å². The number of nitrogens with zero attached hydrogens (tertiary/aromatic N) is 2. The number of rotatable bonds is 2. The molecule has 0 radical (unpaired) electrons. The minimum absolute atomic E-state index is 0.118. The molecule has 1 aromatic heterocycles. The molecule has 0 unspecified atom stereocenters. The molecule has 1 aromatic carbocycles. The molecule has 0 bridgehead atoms. The second-order valence-electron chi connectivity index (χ2n) is 5.11. The zero-order valence-electron chi connectivity index (χ0n) is 10.4. The number of nitrogens with one attached hydrogen (secondary N) is 1. The average Bonchev–Trinajstić information content (AvgIpc) is 2.76. The van der Waals surface area contributed by atoms with Gasteiger partial charge in [0, 0.05) is 5.56 Å². The fourth-order valence-corrected chi connectivity index (χ4v) is 1.63. The third-order valence-corrected chi connectivity index (χ3v) is 2.71. The maximum Gasteiger partial charge on any atom is 0.161 e. The quantitative estimate of drug-likeness (QED) is 0.833. The number of hydrogen-bond acceptors (Lipinski definition) is 3. The zero-order chi connectivity index (χ0) is 12.5. The SMILES string of the molecule is CC(C)(C)c1ccc(-c2nnc(CO)[nH]2)cc1. The van der Waals surface area contributed by atoms with E-state index in [0.717, 1.165) is 5.56 Å². The molecule has 0 atom stereocenters. The molecule has 2 rings (SSSR count). The minimum Gasteiger partial charge on any atom is -0.388 e. The molecule has 0 amide bonds. The van der Waals surface area contributed by atoms with Crippen molar-refractivity contribution in [3.8, 4) is 11.4 Å². The normalized spacial score (nSPS) is 11.8. The Morgan fingerprint density at radius 1 is 1.12 bits per heavy atom. The van der Waals surface area contributed by atoms with Crippen LogP contribution in [0.25, 0.3) is 11.4 Å². The smallest absolute Gasteiger partial charge is 0.161 e. The van der Waals surface area contributed by atoms with Gasteiger partial charge in [0.1, 0.15) is 6.61 Å². The molecule has 0 aliphatic heterocycles. The summed E-state index contributed by atoms with van der Waals surface area (Å²) in [5.74, 6) is 1.18. The minimum atomic E-state index is -0.118. The summed E-state index contributed by atoms with van der Waals surface area (Å²) in [5, 5.41) is 16.7. The van der Waals surface area contributed by atoms with Crippen molar-refractivity contribution < 1.29 is 5.11 Å². The lowest BCUT2D eigenvalue weighted by atomic mass is 9.87. The number of hydrogen-bond donors (Lipinski definition) is 2. The fraction of sp³-hybridized carbons (Fsp3) is 0.385. The highest BCUT2D eigenvalue weighted by Gasteiger charge is 2.13. The van der Waals surface area contributed by atoms with E-state index in [0.29, 0.717) is 11.6 Å². The van der Waals surface area contributed by atoms with E-state index < -0.39 is 0 Å². The number of aliphatic hydroxyl groups excluding tert-OH is 1. The summed E-state index contributed by atoms with van der Waals surface area (Å²) >= 11 is 0. The van der Waals surface area contributed by atoms with Gasteiger partial charge in [-0.3, -0.25) is 0 Å². The topological polar surface area (TPSA) is 61.8 Å². The van der Waals surface area contributed by atoms with Gasteiger partial charge in [-0.2, -0.15) is 0 Å². The monoisotopic (exact) mass is 231 g/mol. The Labute approximate surface area is 101 Å². The molecule has 0 saturated carbocycles. The summed E-state index contributed by atoms with van der Waals surface area (Å²) in [6, 6.07) is 8.22. The first-order valence-corrected chi connectivity index (χ1v) is 5.64. The maximum atomic E-state index is 8.91. The van der Waals surface area contributed by atoms with Crippen LogP contribution in [0, 0.1) is 0 Å². The highest BCUT2D eigenvalue weighted by molar-refractivity contribution is 5.55. The Balaban J connectivity index is 2.29. The summed E-state index contributed by atoms with van der Waals surface area (Å²) < 4.78 is 0. The van der Waals surface area contributed by atoms with E-state index in [2.05, 4.69) is 48.1 Å². The number of aromatic amines is 1. The van der Waals surface area contributed by atoms with Crippen molar-refractivity contribution in [1.82, 2.24) is 15.2 Å². The van der Waals surface area contributed by atoms with Gasteiger partial charge in [0.25, 0.3) is 0 Å². The van der Waals surface area contributed by atoms with Crippen LogP contribution in [0.2, 0.25) is 0 Å². The molecule has 2 aromatic rings. The Morgan fingerprint density at radius 2 is 1.76 bits per heavy atom. The average molecular weight is 231 g/mol. The molecule has 90 valence electrons. The highest BCUT2D eigenvalue weighted by atomic mass is 16.3. The standard InChI is InChI=1S/C13H17N3O/c1-13(2,3)10-6-4-9(5-7-10)12-14-11(8-17)15-16-12/h4-7,17H,8H2,1-3H3,(H,14,15,16). The van der Waals surface area contributed by atoms with Crippen LogP contribution < -0.4 is 0 Å². The number of H-pyrrole nitrogens is 1. The molecule has 0 aliphatic rings. The Bertz CT molecular complexity index is 494. The van der Waals surface area contributed by atoms with Crippen molar-refractivity contribution in [2.24, 2.45) is 0 Å². The van der Waals surface area contributed by atoms with E-state index in [1.165, 1.54) is 5.56 Å². The van der Waals surface area contributed by atoms with Crippen LogP contribution in [-0.2, 0) is 12.0 Å². The number of aliphatic hydroxyl groups is 1. The third kappa shape index (κ3) is 2.53. The van der Waals surface area contributed by atoms with Crippen molar-refractivity contribution in [2.45, 2.75) is 32.8 Å². The van der Waals surface area contributed by atoms with Crippen molar-refractivity contribution >= 4 is 0 Å². The summed E-state index contributed by atoms with van der Waals surface area (Å²) in [6.07, 6.45) is 0. The first-order chi connectivity index (χ1) is 8.00. The fourth-order valence-electron chi connectivity index (χ4n) is 1.63. The maximum absolute atomic E-state index is 8.91. The second kappa shape index (κ2) is 4.30. The summed E-state index contributed by atoms with van der Waals surface area (Å²) in [6.45, 7) is 6.42. The van der Waals surface area contributed by atoms with E-state index >= 15 is 0 Å². The molecule has 1 heterocycles. The van der Waals surface area contributed by atoms with Gasteiger partial charge in [0.05, 0.1) is 0 Å². The van der Waals surface area contributed by atoms with Gasteiger partial charge in [0.15, 0.2) is 11.6 Å². The lowest BCUT2D eigenvalue weighted by Gasteiger charge is -2.18. The Morgan fingerprint density at radius 3 is 2.24 bits per heavy atom. The molecule has 0 spiro atoms. The second-order valence-corrected chi connectivity index (χ2v) is 5.11. The largest absolute Gasteiger partial charge is 0.388 e. The van der Waals surface area contributed by atoms with Gasteiger partial charge in [-0.1, -0.05) is 45.0 Å². The van der Waals surface area contributed by atoms with Gasteiger partial charge in [-0.15, -0.1) is 10.2 Å². The summed E-state index contributed by atoms with van der Waals surface area (Å²) in [7, 11) is 0. The molecular weight excluding hydrogens is 214 g/mol. The Hall–Kier alpha value is -1.68. The van der Waals surface area contributed by atoms with Crippen LogP contribution >= 0.6 is 0 Å². The van der Waals surface area contributed by atoms with E-state index in [1.54, 1.807) is 0 Å². The molecular formula is C13H17N3O. The summed E-state index contributed by atoms with van der Waals surface area (Å²) in [4.78, 5) is 2.97. The van der Waals surface area contributed by atoms with Crippen molar-refractivity contribution in [3.63, 3.8) is 0 Å². The van der Waals surface area contributed by atoms with Gasteiger partial charge < -0.3 is 10.1 Å². The van der Waals surface area contributed by atoms with Crippen LogP contribution in [0.15, 0.2) is 24.3 Å². The molecule has 0 fully saturated rings. The molecule has 17 heavy (non-hydrogen) atoms. The predicted octanol–water partition coefficient (Wildman–Crippen LogP) is 2.26. The van der Waals surface area contributed by atoms with Crippen molar-refractivity contribution in [1.29, 1.82) is 0 Å². The van der Waals surface area contributed by atoms with Crippen LogP contribution in [-0.4, -0.2) is 20.3 Å². The van der Waals surface area contributed by atoms with E-state index in [-0.39, 0.29) is 12.0 Å². The predicted molar refractivity (Wildman–Crippen MR) is 66.4 cm³/mol. The highest BCUT2D eigenvalue weighted by Crippen LogP contribution is 2.24. The molecule has 4 heteroatoms. The van der Waals surface area contributed by atoms with Crippen LogP contribution in [0.4, 0.5) is 0 Å². The first kappa shape index (κ1) is 11.8. The lowest BCUT2D eigenvalue weighted by molar-refractivity contribution is 0.272. The lowest BCUT2D eigenvalue weighted by Crippen LogP contribution is -2.10. The van der Waals surface area contributed by atoms with Gasteiger partial charge in [-0.25, -0.2) is 0 Å². The van der Waals surface area contributed by atoms with Crippen LogP contribution in [0.5, 0.6) is 0 Å². The van der Waals surface area contributed by atoms with Gasteiger partial charge in [0.2, 0.25) is 0 Å². The van der Waals surface area contributed by atoms with Crippen molar-refractivity contribution in [3.05, 3.63) is 35.7 Å². The molecule has 4 nitrogen and oxygen atoms in total. The Kier molecular flexibility index (Phi) is 2.98. The summed E-state index contributed by atoms with van der Waals surface area (Å²) in [5.41, 5.74) is 2.41. The number of aromatic nitrogens is 3. The first-order valence-electron chi connectivity index (χ1n) is 5.64. The third-order valence-electron chi connectivity index (χ3n) is 2.71. The van der Waals surface area contributed by atoms with Crippen molar-refractivity contribution in [2.75, 3.05) is 0 Å². The molecule has 0 saturated heterocycles.